The predicted molar refractivity (Wildman–Crippen MR) is 62.2 cm³/mol. The summed E-state index contributed by atoms with van der Waals surface area (Å²) in [6.07, 6.45) is 5.69. The molecule has 0 amide bonds. The quantitative estimate of drug-likeness (QED) is 0.784. The minimum Gasteiger partial charge on any atom is -0.478 e. The van der Waals surface area contributed by atoms with E-state index in [9.17, 15) is 4.79 Å². The van der Waals surface area contributed by atoms with E-state index in [-0.39, 0.29) is 0 Å². The van der Waals surface area contributed by atoms with Crippen LogP contribution in [0.1, 0.15) is 35.8 Å². The first kappa shape index (κ1) is 11.9. The van der Waals surface area contributed by atoms with E-state index in [1.807, 2.05) is 6.92 Å². The Kier molecular flexibility index (Phi) is 4.49. The Bertz CT molecular complexity index is 369. The summed E-state index contributed by atoms with van der Waals surface area (Å²) in [5.74, 6) is -0.914. The molecule has 0 aliphatic rings. The van der Waals surface area contributed by atoms with Gasteiger partial charge in [0.2, 0.25) is 0 Å². The number of carbonyl (C=O) groups is 1. The summed E-state index contributed by atoms with van der Waals surface area (Å²) in [7, 11) is 0. The van der Waals surface area contributed by atoms with Gasteiger partial charge in [0.25, 0.3) is 0 Å². The van der Waals surface area contributed by atoms with Gasteiger partial charge in [0.1, 0.15) is 0 Å². The Morgan fingerprint density at radius 2 is 2.27 bits per heavy atom. The Morgan fingerprint density at radius 3 is 2.80 bits per heavy atom. The summed E-state index contributed by atoms with van der Waals surface area (Å²) in [6, 6.07) is 0. The molecule has 0 aliphatic carbocycles. The largest absolute Gasteiger partial charge is 0.478 e. The highest BCUT2D eigenvalue weighted by Crippen LogP contribution is 2.21. The van der Waals surface area contributed by atoms with Gasteiger partial charge in [-0.3, -0.25) is 0 Å². The maximum atomic E-state index is 10.4. The Morgan fingerprint density at radius 1 is 1.53 bits per heavy atom. The molecule has 0 radical (unpaired) electrons. The molecule has 3 nitrogen and oxygen atoms in total. The molecule has 0 unspecified atom stereocenters. The molecule has 1 aromatic heterocycles. The van der Waals surface area contributed by atoms with Crippen molar-refractivity contribution >= 4 is 23.4 Å². The molecule has 0 spiro atoms. The second-order valence-electron chi connectivity index (χ2n) is 3.19. The van der Waals surface area contributed by atoms with E-state index in [0.717, 1.165) is 34.8 Å². The van der Waals surface area contributed by atoms with Crippen molar-refractivity contribution in [3.63, 3.8) is 0 Å². The molecule has 0 atom stereocenters. The number of aryl methyl sites for hydroxylation is 2. The molecule has 0 aromatic carbocycles. The van der Waals surface area contributed by atoms with Crippen LogP contribution in [0.5, 0.6) is 0 Å². The normalized spacial score (nSPS) is 11.1. The Balaban J connectivity index is 2.89. The molecule has 15 heavy (non-hydrogen) atoms. The molecule has 0 saturated heterocycles. The van der Waals surface area contributed by atoms with Gasteiger partial charge in [-0.05, 0) is 25.3 Å². The van der Waals surface area contributed by atoms with Crippen LogP contribution in [0.2, 0.25) is 0 Å². The minimum absolute atomic E-state index is 0.847. The maximum Gasteiger partial charge on any atom is 0.328 e. The molecule has 1 N–H and O–H groups in total. The molecule has 0 saturated carbocycles. The molecule has 0 aliphatic heterocycles. The third-order valence-electron chi connectivity index (χ3n) is 1.95. The van der Waals surface area contributed by atoms with Gasteiger partial charge in [0.15, 0.2) is 0 Å². The van der Waals surface area contributed by atoms with Gasteiger partial charge in [0, 0.05) is 6.08 Å². The second-order valence-corrected chi connectivity index (χ2v) is 4.31. The number of hydrogen-bond acceptors (Lipinski definition) is 3. The van der Waals surface area contributed by atoms with Gasteiger partial charge < -0.3 is 5.11 Å². The van der Waals surface area contributed by atoms with Crippen molar-refractivity contribution in [2.75, 3.05) is 0 Å². The van der Waals surface area contributed by atoms with E-state index in [2.05, 4.69) is 11.9 Å². The highest BCUT2D eigenvalue weighted by Gasteiger charge is 2.06. The maximum absolute atomic E-state index is 10.4. The fourth-order valence-electron chi connectivity index (χ4n) is 1.27. The van der Waals surface area contributed by atoms with Gasteiger partial charge in [-0.2, -0.15) is 0 Å². The molecule has 0 bridgehead atoms. The molecule has 1 heterocycles. The highest BCUT2D eigenvalue weighted by molar-refractivity contribution is 7.12. The van der Waals surface area contributed by atoms with Crippen LogP contribution >= 0.6 is 11.3 Å². The van der Waals surface area contributed by atoms with Crippen LogP contribution in [0.15, 0.2) is 6.08 Å². The predicted octanol–water partition coefficient (Wildman–Crippen LogP) is 2.76. The SMILES string of the molecule is CCCc1nc(CC)c(/C=C/C(=O)O)s1. The summed E-state index contributed by atoms with van der Waals surface area (Å²) in [4.78, 5) is 15.8. The summed E-state index contributed by atoms with van der Waals surface area (Å²) in [5, 5.41) is 9.64. The number of nitrogens with zero attached hydrogens (tertiary/aromatic N) is 1. The van der Waals surface area contributed by atoms with Crippen molar-refractivity contribution in [3.05, 3.63) is 21.7 Å². The molecular weight excluding hydrogens is 210 g/mol. The van der Waals surface area contributed by atoms with Crippen molar-refractivity contribution in [2.45, 2.75) is 33.1 Å². The number of thiazole rings is 1. The number of aliphatic carboxylic acids is 1. The van der Waals surface area contributed by atoms with Gasteiger partial charge >= 0.3 is 5.97 Å². The standard InChI is InChI=1S/C11H15NO2S/c1-3-5-10-12-8(4-2)9(15-10)6-7-11(13)14/h6-7H,3-5H2,1-2H3,(H,13,14)/b7-6+. The monoisotopic (exact) mass is 225 g/mol. The second kappa shape index (κ2) is 5.66. The third kappa shape index (κ3) is 3.47. The van der Waals surface area contributed by atoms with E-state index < -0.39 is 5.97 Å². The molecule has 82 valence electrons. The van der Waals surface area contributed by atoms with Crippen LogP contribution in [0.25, 0.3) is 6.08 Å². The lowest BCUT2D eigenvalue weighted by atomic mass is 10.3. The Hall–Kier alpha value is -1.16. The van der Waals surface area contributed by atoms with Gasteiger partial charge in [0.05, 0.1) is 15.6 Å². The Labute approximate surface area is 93.5 Å². The van der Waals surface area contributed by atoms with E-state index in [1.165, 1.54) is 6.08 Å². The van der Waals surface area contributed by atoms with Gasteiger partial charge in [-0.15, -0.1) is 11.3 Å². The zero-order valence-corrected chi connectivity index (χ0v) is 9.80. The molecule has 1 aromatic rings. The summed E-state index contributed by atoms with van der Waals surface area (Å²) >= 11 is 1.59. The zero-order valence-electron chi connectivity index (χ0n) is 8.99. The first-order valence-corrected chi connectivity index (χ1v) is 5.88. The van der Waals surface area contributed by atoms with Gasteiger partial charge in [-0.1, -0.05) is 13.8 Å². The smallest absolute Gasteiger partial charge is 0.328 e. The zero-order chi connectivity index (χ0) is 11.3. The van der Waals surface area contributed by atoms with E-state index in [4.69, 9.17) is 5.11 Å². The fraction of sp³-hybridized carbons (Fsp3) is 0.455. The summed E-state index contributed by atoms with van der Waals surface area (Å²) < 4.78 is 0. The van der Waals surface area contributed by atoms with Crippen molar-refractivity contribution < 1.29 is 9.90 Å². The van der Waals surface area contributed by atoms with E-state index in [1.54, 1.807) is 17.4 Å². The molecule has 1 rings (SSSR count). The lowest BCUT2D eigenvalue weighted by Gasteiger charge is -1.89. The lowest BCUT2D eigenvalue weighted by Crippen LogP contribution is -1.87. The van der Waals surface area contributed by atoms with Crippen molar-refractivity contribution in [1.82, 2.24) is 4.98 Å². The van der Waals surface area contributed by atoms with Crippen LogP contribution in [0.4, 0.5) is 0 Å². The van der Waals surface area contributed by atoms with Crippen molar-refractivity contribution in [1.29, 1.82) is 0 Å². The summed E-state index contributed by atoms with van der Waals surface area (Å²) in [6.45, 7) is 4.14. The van der Waals surface area contributed by atoms with Crippen LogP contribution in [0.3, 0.4) is 0 Å². The number of aromatic nitrogens is 1. The number of carboxylic acids is 1. The number of rotatable bonds is 5. The number of carboxylic acid groups (broad SMARTS) is 1. The summed E-state index contributed by atoms with van der Waals surface area (Å²) in [5.41, 5.74) is 1.00. The van der Waals surface area contributed by atoms with E-state index in [0.29, 0.717) is 0 Å². The van der Waals surface area contributed by atoms with Gasteiger partial charge in [-0.25, -0.2) is 9.78 Å². The fourth-order valence-corrected chi connectivity index (χ4v) is 2.43. The van der Waals surface area contributed by atoms with Crippen LogP contribution in [-0.4, -0.2) is 16.1 Å². The van der Waals surface area contributed by atoms with Crippen LogP contribution in [-0.2, 0) is 17.6 Å². The van der Waals surface area contributed by atoms with Crippen LogP contribution in [0, 0.1) is 0 Å². The number of hydrogen-bond donors (Lipinski definition) is 1. The third-order valence-corrected chi connectivity index (χ3v) is 3.07. The van der Waals surface area contributed by atoms with Crippen molar-refractivity contribution in [3.8, 4) is 0 Å². The first-order chi connectivity index (χ1) is 7.17. The molecule has 4 heteroatoms. The van der Waals surface area contributed by atoms with E-state index >= 15 is 0 Å². The molecular formula is C11H15NO2S. The average molecular weight is 225 g/mol. The van der Waals surface area contributed by atoms with Crippen LogP contribution < -0.4 is 0 Å². The lowest BCUT2D eigenvalue weighted by molar-refractivity contribution is -0.131. The minimum atomic E-state index is -0.914. The average Bonchev–Trinajstić information content (AvgIpc) is 2.58. The van der Waals surface area contributed by atoms with Crippen molar-refractivity contribution in [2.24, 2.45) is 0 Å². The topological polar surface area (TPSA) is 50.2 Å². The molecule has 0 fully saturated rings. The highest BCUT2D eigenvalue weighted by atomic mass is 32.1. The first-order valence-electron chi connectivity index (χ1n) is 5.07.